The van der Waals surface area contributed by atoms with Crippen molar-refractivity contribution in [3.63, 3.8) is 0 Å². The summed E-state index contributed by atoms with van der Waals surface area (Å²) in [4.78, 5) is 12.1. The Hall–Kier alpha value is -3.39. The van der Waals surface area contributed by atoms with E-state index in [1.54, 1.807) is 6.08 Å². The molecule has 0 atom stereocenters. The second kappa shape index (κ2) is 8.63. The van der Waals surface area contributed by atoms with Crippen LogP contribution in [0.4, 0.5) is 0 Å². The Bertz CT molecular complexity index is 889. The molecule has 0 amide bonds. The molecule has 3 rings (SSSR count). The van der Waals surface area contributed by atoms with Gasteiger partial charge in [0.05, 0.1) is 0 Å². The molecule has 0 radical (unpaired) electrons. The number of ether oxygens (including phenoxy) is 1. The molecular weight excluding hydrogens is 320 g/mol. The monoisotopic (exact) mass is 340 g/mol. The van der Waals surface area contributed by atoms with Crippen molar-refractivity contribution in [1.82, 2.24) is 0 Å². The predicted octanol–water partition coefficient (Wildman–Crippen LogP) is 5.80. The lowest BCUT2D eigenvalue weighted by Gasteiger charge is -2.07. The van der Waals surface area contributed by atoms with Crippen LogP contribution in [-0.2, 0) is 6.61 Å². The molecule has 3 aromatic rings. The topological polar surface area (TPSA) is 26.3 Å². The minimum absolute atomic E-state index is 0.00565. The van der Waals surface area contributed by atoms with E-state index < -0.39 is 0 Å². The number of ketones is 1. The van der Waals surface area contributed by atoms with E-state index in [4.69, 9.17) is 4.74 Å². The van der Waals surface area contributed by atoms with Crippen LogP contribution in [0.5, 0.6) is 5.75 Å². The first kappa shape index (κ1) is 17.4. The van der Waals surface area contributed by atoms with Gasteiger partial charge in [0, 0.05) is 5.56 Å². The van der Waals surface area contributed by atoms with E-state index in [9.17, 15) is 4.79 Å². The van der Waals surface area contributed by atoms with E-state index in [0.717, 1.165) is 22.4 Å². The van der Waals surface area contributed by atoms with Gasteiger partial charge in [-0.2, -0.15) is 0 Å². The van der Waals surface area contributed by atoms with Crippen LogP contribution in [0.3, 0.4) is 0 Å². The molecule has 0 saturated heterocycles. The molecule has 0 saturated carbocycles. The zero-order valence-corrected chi connectivity index (χ0v) is 14.5. The van der Waals surface area contributed by atoms with Crippen molar-refractivity contribution < 1.29 is 9.53 Å². The Morgan fingerprint density at radius 2 is 1.50 bits per heavy atom. The molecule has 0 aliphatic heterocycles. The van der Waals surface area contributed by atoms with Gasteiger partial charge in [-0.15, -0.1) is 0 Å². The molecule has 0 bridgehead atoms. The van der Waals surface area contributed by atoms with E-state index in [1.165, 1.54) is 0 Å². The van der Waals surface area contributed by atoms with Gasteiger partial charge in [0.1, 0.15) is 12.4 Å². The Balaban J connectivity index is 1.56. The summed E-state index contributed by atoms with van der Waals surface area (Å²) in [6.07, 6.45) is 5.22. The molecule has 0 aliphatic rings. The van der Waals surface area contributed by atoms with Gasteiger partial charge in [0.2, 0.25) is 0 Å². The summed E-state index contributed by atoms with van der Waals surface area (Å²) >= 11 is 0. The Labute approximate surface area is 154 Å². The molecule has 128 valence electrons. The highest BCUT2D eigenvalue weighted by Gasteiger charge is 2.00. The molecule has 0 aliphatic carbocycles. The number of hydrogen-bond donors (Lipinski definition) is 0. The molecule has 0 fully saturated rings. The molecule has 0 heterocycles. The highest BCUT2D eigenvalue weighted by Crippen LogP contribution is 2.16. The van der Waals surface area contributed by atoms with Crippen LogP contribution >= 0.6 is 0 Å². The molecular formula is C24H20O2. The van der Waals surface area contributed by atoms with Crippen LogP contribution in [0, 0.1) is 0 Å². The summed E-state index contributed by atoms with van der Waals surface area (Å²) in [5.74, 6) is 0.790. The molecule has 0 spiro atoms. The van der Waals surface area contributed by atoms with Crippen molar-refractivity contribution in [1.29, 1.82) is 0 Å². The van der Waals surface area contributed by atoms with Crippen molar-refractivity contribution in [3.05, 3.63) is 114 Å². The van der Waals surface area contributed by atoms with Gasteiger partial charge in [-0.1, -0.05) is 85.5 Å². The van der Waals surface area contributed by atoms with Gasteiger partial charge in [0.15, 0.2) is 5.78 Å². The predicted molar refractivity (Wildman–Crippen MR) is 107 cm³/mol. The lowest BCUT2D eigenvalue weighted by Crippen LogP contribution is -1.95. The second-order valence-corrected chi connectivity index (χ2v) is 5.87. The first-order chi connectivity index (χ1) is 12.7. The van der Waals surface area contributed by atoms with Crippen LogP contribution in [0.1, 0.15) is 27.0 Å². The number of allylic oxidation sites excluding steroid dienone is 1. The van der Waals surface area contributed by atoms with Crippen molar-refractivity contribution >= 4 is 17.9 Å². The first-order valence-electron chi connectivity index (χ1n) is 8.46. The average molecular weight is 340 g/mol. The van der Waals surface area contributed by atoms with Crippen molar-refractivity contribution in [3.8, 4) is 5.75 Å². The number of benzene rings is 3. The van der Waals surface area contributed by atoms with Gasteiger partial charge >= 0.3 is 0 Å². The zero-order chi connectivity index (χ0) is 18.2. The third-order valence-electron chi connectivity index (χ3n) is 3.99. The van der Waals surface area contributed by atoms with E-state index in [-0.39, 0.29) is 5.78 Å². The van der Waals surface area contributed by atoms with Crippen LogP contribution in [0.15, 0.2) is 91.5 Å². The summed E-state index contributed by atoms with van der Waals surface area (Å²) in [6, 6.07) is 25.0. The minimum atomic E-state index is -0.00565. The van der Waals surface area contributed by atoms with Crippen LogP contribution in [-0.4, -0.2) is 5.78 Å². The quantitative estimate of drug-likeness (QED) is 0.401. The molecule has 0 N–H and O–H groups in total. The average Bonchev–Trinajstić information content (AvgIpc) is 2.72. The standard InChI is InChI=1S/C24H20O2/c1-2-19-8-10-21(11-9-19)18-26-23-15-12-20(13-16-23)14-17-24(25)22-6-4-3-5-7-22/h2-17H,1,18H2/b17-14+. The second-order valence-electron chi connectivity index (χ2n) is 5.87. The molecule has 0 aromatic heterocycles. The Kier molecular flexibility index (Phi) is 5.79. The van der Waals surface area contributed by atoms with Crippen molar-refractivity contribution in [2.45, 2.75) is 6.61 Å². The third-order valence-corrected chi connectivity index (χ3v) is 3.99. The number of rotatable bonds is 7. The van der Waals surface area contributed by atoms with Crippen molar-refractivity contribution in [2.24, 2.45) is 0 Å². The highest BCUT2D eigenvalue weighted by atomic mass is 16.5. The normalized spacial score (nSPS) is 10.6. The highest BCUT2D eigenvalue weighted by molar-refractivity contribution is 6.06. The maximum absolute atomic E-state index is 12.1. The van der Waals surface area contributed by atoms with Crippen LogP contribution in [0.25, 0.3) is 12.2 Å². The summed E-state index contributed by atoms with van der Waals surface area (Å²) in [5.41, 5.74) is 3.84. The van der Waals surface area contributed by atoms with E-state index in [0.29, 0.717) is 12.2 Å². The molecule has 2 nitrogen and oxygen atoms in total. The van der Waals surface area contributed by atoms with Gasteiger partial charge in [-0.25, -0.2) is 0 Å². The molecule has 3 aromatic carbocycles. The van der Waals surface area contributed by atoms with Gasteiger partial charge in [-0.3, -0.25) is 4.79 Å². The number of carbonyl (C=O) groups is 1. The van der Waals surface area contributed by atoms with Gasteiger partial charge < -0.3 is 4.74 Å². The Morgan fingerprint density at radius 3 is 2.15 bits per heavy atom. The lowest BCUT2D eigenvalue weighted by atomic mass is 10.1. The van der Waals surface area contributed by atoms with Crippen LogP contribution in [0.2, 0.25) is 0 Å². The molecule has 26 heavy (non-hydrogen) atoms. The summed E-state index contributed by atoms with van der Waals surface area (Å²) in [7, 11) is 0. The maximum atomic E-state index is 12.1. The summed E-state index contributed by atoms with van der Waals surface area (Å²) < 4.78 is 5.80. The smallest absolute Gasteiger partial charge is 0.185 e. The Morgan fingerprint density at radius 1 is 0.846 bits per heavy atom. The molecule has 0 unspecified atom stereocenters. The fourth-order valence-electron chi connectivity index (χ4n) is 2.46. The van der Waals surface area contributed by atoms with Gasteiger partial charge in [0.25, 0.3) is 0 Å². The van der Waals surface area contributed by atoms with E-state index >= 15 is 0 Å². The largest absolute Gasteiger partial charge is 0.489 e. The number of carbonyl (C=O) groups excluding carboxylic acids is 1. The van der Waals surface area contributed by atoms with Gasteiger partial charge in [-0.05, 0) is 34.9 Å². The van der Waals surface area contributed by atoms with Crippen molar-refractivity contribution in [2.75, 3.05) is 0 Å². The lowest BCUT2D eigenvalue weighted by molar-refractivity contribution is 0.104. The minimum Gasteiger partial charge on any atom is -0.489 e. The fraction of sp³-hybridized carbons (Fsp3) is 0.0417. The zero-order valence-electron chi connectivity index (χ0n) is 14.5. The first-order valence-corrected chi connectivity index (χ1v) is 8.46. The maximum Gasteiger partial charge on any atom is 0.185 e. The SMILES string of the molecule is C=Cc1ccc(COc2ccc(/C=C/C(=O)c3ccccc3)cc2)cc1. The van der Waals surface area contributed by atoms with E-state index in [2.05, 4.69) is 6.58 Å². The summed E-state index contributed by atoms with van der Waals surface area (Å²) in [6.45, 7) is 4.26. The number of hydrogen-bond acceptors (Lipinski definition) is 2. The summed E-state index contributed by atoms with van der Waals surface area (Å²) in [5, 5.41) is 0. The molecule has 2 heteroatoms. The third kappa shape index (κ3) is 4.81. The van der Waals surface area contributed by atoms with Crippen LogP contribution < -0.4 is 4.74 Å². The van der Waals surface area contributed by atoms with E-state index in [1.807, 2.05) is 91.0 Å². The fourth-order valence-corrected chi connectivity index (χ4v) is 2.46.